The minimum absolute atomic E-state index is 0.0298. The summed E-state index contributed by atoms with van der Waals surface area (Å²) in [7, 11) is 0. The Bertz CT molecular complexity index is 1030. The van der Waals surface area contributed by atoms with E-state index in [4.69, 9.17) is 0 Å². The number of carbonyl (C=O) groups is 1. The summed E-state index contributed by atoms with van der Waals surface area (Å²) in [6.07, 6.45) is 0.482. The summed E-state index contributed by atoms with van der Waals surface area (Å²) in [6.45, 7) is 5.48. The van der Waals surface area contributed by atoms with Gasteiger partial charge in [0, 0.05) is 0 Å². The van der Waals surface area contributed by atoms with Gasteiger partial charge in [0.25, 0.3) is 0 Å². The third kappa shape index (κ3) is 3.81. The molecule has 0 saturated carbocycles. The van der Waals surface area contributed by atoms with Crippen molar-refractivity contribution in [3.63, 3.8) is 0 Å². The molecule has 0 fully saturated rings. The van der Waals surface area contributed by atoms with Gasteiger partial charge in [0.1, 0.15) is 0 Å². The number of alkyl halides is 1. The molecule has 0 spiro atoms. The van der Waals surface area contributed by atoms with Crippen LogP contribution < -0.4 is 29.9 Å². The molecule has 4 rings (SSSR count). The van der Waals surface area contributed by atoms with Crippen molar-refractivity contribution < 1.29 is 26.3 Å². The van der Waals surface area contributed by atoms with Gasteiger partial charge in [-0.25, -0.2) is 0 Å². The first kappa shape index (κ1) is 20.0. The van der Waals surface area contributed by atoms with E-state index in [1.54, 1.807) is 0 Å². The zero-order valence-corrected chi connectivity index (χ0v) is 19.1. The average Bonchev–Trinajstić information content (AvgIpc) is 3.16. The molecule has 0 bridgehead atoms. The summed E-state index contributed by atoms with van der Waals surface area (Å²) in [5.74, 6) is 0.122. The molecule has 2 heterocycles. The molecule has 0 saturated heterocycles. The van der Waals surface area contributed by atoms with Gasteiger partial charge >= 0.3 is 182 Å². The van der Waals surface area contributed by atoms with Crippen LogP contribution in [-0.2, 0) is 11.3 Å². The van der Waals surface area contributed by atoms with E-state index in [0.717, 1.165) is 40.3 Å². The van der Waals surface area contributed by atoms with Crippen LogP contribution in [0.15, 0.2) is 48.5 Å². The molecule has 152 valence electrons. The molecule has 6 nitrogen and oxygen atoms in total. The Kier molecular flexibility index (Phi) is 5.96. The van der Waals surface area contributed by atoms with Crippen LogP contribution in [0.25, 0.3) is 22.5 Å². The number of halogens is 1. The van der Waals surface area contributed by atoms with Crippen LogP contribution in [0.2, 0.25) is 0 Å². The van der Waals surface area contributed by atoms with E-state index in [9.17, 15) is 4.79 Å². The Hall–Kier alpha value is -2.26. The molecule has 3 aromatic rings. The van der Waals surface area contributed by atoms with Gasteiger partial charge in [0.05, 0.1) is 0 Å². The van der Waals surface area contributed by atoms with Crippen molar-refractivity contribution in [1.29, 1.82) is 0 Å². The number of aromatic nitrogens is 3. The molecule has 1 aliphatic rings. The van der Waals surface area contributed by atoms with Crippen molar-refractivity contribution in [1.82, 2.24) is 18.5 Å². The molecule has 0 atom stereocenters. The van der Waals surface area contributed by atoms with Crippen molar-refractivity contribution in [3.05, 3.63) is 54.1 Å². The van der Waals surface area contributed by atoms with Gasteiger partial charge in [-0.15, -0.1) is 0 Å². The third-order valence-corrected chi connectivity index (χ3v) is 6.40. The SMILES string of the molecule is C[I-]NCCC(=O)N1Cc2ccccc2-c2c(nnn2C(C)C)-c2ccccc21. The summed E-state index contributed by atoms with van der Waals surface area (Å²) in [4.78, 5) is 17.3. The molecule has 7 heteroatoms. The number of nitrogens with zero attached hydrogens (tertiary/aromatic N) is 4. The van der Waals surface area contributed by atoms with Gasteiger partial charge in [-0.1, -0.05) is 0 Å². The molecule has 0 radical (unpaired) electrons. The van der Waals surface area contributed by atoms with Crippen molar-refractivity contribution in [2.24, 2.45) is 0 Å². The number of benzene rings is 2. The number of para-hydroxylation sites is 1. The molecule has 29 heavy (non-hydrogen) atoms. The Balaban J connectivity index is 1.91. The van der Waals surface area contributed by atoms with E-state index < -0.39 is 0 Å². The normalized spacial score (nSPS) is 12.9. The topological polar surface area (TPSA) is 63.1 Å². The molecule has 1 aliphatic heterocycles. The van der Waals surface area contributed by atoms with E-state index in [-0.39, 0.29) is 33.4 Å². The van der Waals surface area contributed by atoms with Crippen LogP contribution in [0.4, 0.5) is 5.69 Å². The van der Waals surface area contributed by atoms with Crippen LogP contribution >= 0.6 is 0 Å². The van der Waals surface area contributed by atoms with Crippen LogP contribution in [0.5, 0.6) is 0 Å². The molecule has 0 aliphatic carbocycles. The van der Waals surface area contributed by atoms with Crippen LogP contribution in [0.1, 0.15) is 31.9 Å². The maximum absolute atomic E-state index is 13.2. The van der Waals surface area contributed by atoms with Gasteiger partial charge in [0.15, 0.2) is 0 Å². The van der Waals surface area contributed by atoms with Crippen LogP contribution in [0, 0.1) is 0 Å². The quantitative estimate of drug-likeness (QED) is 0.241. The van der Waals surface area contributed by atoms with Gasteiger partial charge in [0.2, 0.25) is 0 Å². The maximum atomic E-state index is 13.2. The van der Waals surface area contributed by atoms with E-state index in [2.05, 4.69) is 44.8 Å². The number of amides is 1. The van der Waals surface area contributed by atoms with Crippen molar-refractivity contribution in [2.75, 3.05) is 16.4 Å². The predicted octanol–water partition coefficient (Wildman–Crippen LogP) is 0.653. The number of hydrogen-bond donors (Lipinski definition) is 1. The summed E-state index contributed by atoms with van der Waals surface area (Å²) in [6, 6.07) is 16.5. The summed E-state index contributed by atoms with van der Waals surface area (Å²) >= 11 is -0.0298. The molecule has 2 aromatic carbocycles. The number of rotatable bonds is 5. The minimum atomic E-state index is -0.0298. The van der Waals surface area contributed by atoms with Gasteiger partial charge in [-0.2, -0.15) is 0 Å². The Morgan fingerprint density at radius 1 is 1.14 bits per heavy atom. The first-order chi connectivity index (χ1) is 14.1. The second-order valence-corrected chi connectivity index (χ2v) is 9.14. The van der Waals surface area contributed by atoms with E-state index in [1.807, 2.05) is 46.0 Å². The third-order valence-electron chi connectivity index (χ3n) is 5.10. The summed E-state index contributed by atoms with van der Waals surface area (Å²) in [5.41, 5.74) is 5.90. The second-order valence-electron chi connectivity index (χ2n) is 7.30. The standard InChI is InChI=1S/C22H25IN5O/c1-15(2)28-22-17-9-5-4-8-16(17)14-27(20(29)12-13-24-23-3)19-11-7-6-10-18(19)21(22)25-26-28/h4-11,15,24H,12-14H2,1-3H3/q-1. The van der Waals surface area contributed by atoms with Crippen LogP contribution in [-0.4, -0.2) is 32.4 Å². The number of fused-ring (bicyclic) bond motifs is 5. The monoisotopic (exact) mass is 502 g/mol. The van der Waals surface area contributed by atoms with Crippen LogP contribution in [0.3, 0.4) is 0 Å². The fraction of sp³-hybridized carbons (Fsp3) is 0.318. The molecule has 1 aromatic heterocycles. The first-order valence-corrected chi connectivity index (χ1v) is 13.0. The fourth-order valence-electron chi connectivity index (χ4n) is 3.75. The van der Waals surface area contributed by atoms with Crippen molar-refractivity contribution in [3.8, 4) is 22.5 Å². The molecule has 1 N–H and O–H groups in total. The van der Waals surface area contributed by atoms with Crippen molar-refractivity contribution in [2.45, 2.75) is 32.9 Å². The number of nitrogens with one attached hydrogen (secondary N) is 1. The zero-order chi connectivity index (χ0) is 20.4. The predicted molar refractivity (Wildman–Crippen MR) is 111 cm³/mol. The van der Waals surface area contributed by atoms with E-state index in [0.29, 0.717) is 13.0 Å². The van der Waals surface area contributed by atoms with Gasteiger partial charge < -0.3 is 0 Å². The van der Waals surface area contributed by atoms with Crippen molar-refractivity contribution >= 4 is 11.6 Å². The van der Waals surface area contributed by atoms with E-state index >= 15 is 0 Å². The molecule has 0 unspecified atom stereocenters. The van der Waals surface area contributed by atoms with E-state index in [1.165, 1.54) is 0 Å². The molecular weight excluding hydrogens is 477 g/mol. The van der Waals surface area contributed by atoms with Gasteiger partial charge in [-0.05, 0) is 0 Å². The average molecular weight is 502 g/mol. The fourth-order valence-corrected chi connectivity index (χ4v) is 4.56. The summed E-state index contributed by atoms with van der Waals surface area (Å²) < 4.78 is 5.34. The second kappa shape index (κ2) is 8.62. The molecular formula is C22H25IN5O-. The zero-order valence-electron chi connectivity index (χ0n) is 16.9. The Labute approximate surface area is 181 Å². The number of carbonyl (C=O) groups excluding carboxylic acids is 1. The number of anilines is 1. The Morgan fingerprint density at radius 2 is 1.86 bits per heavy atom. The first-order valence-electron chi connectivity index (χ1n) is 9.76. The number of hydrogen-bond acceptors (Lipinski definition) is 4. The molecule has 1 amide bonds. The summed E-state index contributed by atoms with van der Waals surface area (Å²) in [5, 5.41) is 9.02. The Morgan fingerprint density at radius 3 is 2.62 bits per heavy atom. The van der Waals surface area contributed by atoms with Gasteiger partial charge in [-0.3, -0.25) is 0 Å².